The Morgan fingerprint density at radius 1 is 1.20 bits per heavy atom. The molecule has 2 N–H and O–H groups in total. The maximum Gasteiger partial charge on any atom is 0.220 e. The summed E-state index contributed by atoms with van der Waals surface area (Å²) in [4.78, 5) is 11.8. The number of anilines is 1. The van der Waals surface area contributed by atoms with Crippen LogP contribution in [0.15, 0.2) is 24.4 Å². The Labute approximate surface area is 148 Å². The Balaban J connectivity index is 1.33. The van der Waals surface area contributed by atoms with Crippen LogP contribution in [-0.4, -0.2) is 39.0 Å². The fourth-order valence-corrected chi connectivity index (χ4v) is 3.20. The van der Waals surface area contributed by atoms with E-state index in [-0.39, 0.29) is 5.91 Å². The first-order valence-electron chi connectivity index (χ1n) is 9.07. The molecule has 0 bridgehead atoms. The summed E-state index contributed by atoms with van der Waals surface area (Å²) < 4.78 is 1.69. The van der Waals surface area contributed by atoms with E-state index in [1.54, 1.807) is 4.68 Å². The Bertz CT molecular complexity index is 675. The molecule has 2 heterocycles. The van der Waals surface area contributed by atoms with Crippen molar-refractivity contribution >= 4 is 11.7 Å². The molecular formula is C18H26N6O. The maximum atomic E-state index is 11.8. The van der Waals surface area contributed by atoms with Gasteiger partial charge in [-0.3, -0.25) is 4.79 Å². The van der Waals surface area contributed by atoms with Gasteiger partial charge < -0.3 is 10.6 Å². The fourth-order valence-electron chi connectivity index (χ4n) is 3.20. The van der Waals surface area contributed by atoms with Gasteiger partial charge in [0.1, 0.15) is 5.82 Å². The second-order valence-electron chi connectivity index (χ2n) is 6.64. The van der Waals surface area contributed by atoms with Gasteiger partial charge in [-0.25, -0.2) is 4.68 Å². The molecule has 0 atom stereocenters. The minimum absolute atomic E-state index is 0.143. The Morgan fingerprint density at radius 2 is 2.04 bits per heavy atom. The smallest absolute Gasteiger partial charge is 0.220 e. The highest BCUT2D eigenvalue weighted by atomic mass is 16.1. The SMILES string of the molecule is Cc1ccn(-c2ccc(NCCNC(=O)CCC3CCCC3)nn2)n1. The number of carbonyl (C=O) groups is 1. The number of rotatable bonds is 8. The highest BCUT2D eigenvalue weighted by Crippen LogP contribution is 2.28. The van der Waals surface area contributed by atoms with Gasteiger partial charge in [0, 0.05) is 25.7 Å². The molecule has 1 amide bonds. The predicted molar refractivity (Wildman–Crippen MR) is 96.6 cm³/mol. The quantitative estimate of drug-likeness (QED) is 0.720. The molecule has 1 saturated carbocycles. The molecule has 0 radical (unpaired) electrons. The molecule has 1 aliphatic rings. The molecule has 134 valence electrons. The molecule has 0 aliphatic heterocycles. The van der Waals surface area contributed by atoms with Crippen LogP contribution in [-0.2, 0) is 4.79 Å². The number of aromatic nitrogens is 4. The van der Waals surface area contributed by atoms with Gasteiger partial charge in [0.15, 0.2) is 5.82 Å². The lowest BCUT2D eigenvalue weighted by Gasteiger charge is -2.10. The van der Waals surface area contributed by atoms with Gasteiger partial charge in [-0.05, 0) is 37.5 Å². The lowest BCUT2D eigenvalue weighted by Crippen LogP contribution is -2.29. The summed E-state index contributed by atoms with van der Waals surface area (Å²) in [7, 11) is 0. The van der Waals surface area contributed by atoms with Gasteiger partial charge in [0.2, 0.25) is 5.91 Å². The normalized spacial score (nSPS) is 14.6. The fraction of sp³-hybridized carbons (Fsp3) is 0.556. The lowest BCUT2D eigenvalue weighted by atomic mass is 10.0. The van der Waals surface area contributed by atoms with Crippen LogP contribution in [0, 0.1) is 12.8 Å². The highest BCUT2D eigenvalue weighted by molar-refractivity contribution is 5.75. The van der Waals surface area contributed by atoms with Crippen molar-refractivity contribution in [3.05, 3.63) is 30.1 Å². The van der Waals surface area contributed by atoms with Crippen molar-refractivity contribution in [3.63, 3.8) is 0 Å². The Hall–Kier alpha value is -2.44. The molecule has 0 spiro atoms. The molecule has 7 heteroatoms. The molecular weight excluding hydrogens is 316 g/mol. The number of nitrogens with zero attached hydrogens (tertiary/aromatic N) is 4. The number of aryl methyl sites for hydroxylation is 1. The zero-order chi connectivity index (χ0) is 17.5. The molecule has 25 heavy (non-hydrogen) atoms. The summed E-state index contributed by atoms with van der Waals surface area (Å²) in [5.74, 6) is 2.27. The second-order valence-corrected chi connectivity index (χ2v) is 6.64. The first-order chi connectivity index (χ1) is 12.2. The third-order valence-electron chi connectivity index (χ3n) is 4.62. The van der Waals surface area contributed by atoms with Gasteiger partial charge in [-0.1, -0.05) is 25.7 Å². The van der Waals surface area contributed by atoms with Gasteiger partial charge in [0.05, 0.1) is 5.69 Å². The molecule has 2 aromatic heterocycles. The number of hydrogen-bond donors (Lipinski definition) is 2. The largest absolute Gasteiger partial charge is 0.367 e. The van der Waals surface area contributed by atoms with Crippen LogP contribution in [0.2, 0.25) is 0 Å². The standard InChI is InChI=1S/C18H26N6O/c1-14-10-13-24(23-14)17-8-7-16(21-22-17)19-11-12-20-18(25)9-6-15-4-2-3-5-15/h7-8,10,13,15H,2-6,9,11-12H2,1H3,(H,19,21)(H,20,25). The van der Waals surface area contributed by atoms with Crippen molar-refractivity contribution < 1.29 is 4.79 Å². The Kier molecular flexibility index (Phi) is 5.98. The minimum Gasteiger partial charge on any atom is -0.367 e. The number of carbonyl (C=O) groups excluding carboxylic acids is 1. The van der Waals surface area contributed by atoms with E-state index >= 15 is 0 Å². The van der Waals surface area contributed by atoms with Gasteiger partial charge in [0.25, 0.3) is 0 Å². The first-order valence-corrected chi connectivity index (χ1v) is 9.07. The van der Waals surface area contributed by atoms with E-state index in [1.807, 2.05) is 31.3 Å². The molecule has 0 aromatic carbocycles. The predicted octanol–water partition coefficient (Wildman–Crippen LogP) is 2.47. The van der Waals surface area contributed by atoms with Crippen LogP contribution in [0.3, 0.4) is 0 Å². The highest BCUT2D eigenvalue weighted by Gasteiger charge is 2.15. The van der Waals surface area contributed by atoms with E-state index in [2.05, 4.69) is 25.9 Å². The summed E-state index contributed by atoms with van der Waals surface area (Å²) in [5.41, 5.74) is 0.938. The molecule has 1 fully saturated rings. The van der Waals surface area contributed by atoms with E-state index in [0.29, 0.717) is 31.1 Å². The zero-order valence-electron chi connectivity index (χ0n) is 14.7. The summed E-state index contributed by atoms with van der Waals surface area (Å²) in [6, 6.07) is 5.65. The Morgan fingerprint density at radius 3 is 2.72 bits per heavy atom. The average molecular weight is 342 g/mol. The van der Waals surface area contributed by atoms with Crippen molar-refractivity contribution in [2.45, 2.75) is 45.4 Å². The van der Waals surface area contributed by atoms with Crippen molar-refractivity contribution in [2.24, 2.45) is 5.92 Å². The number of nitrogens with one attached hydrogen (secondary N) is 2. The van der Waals surface area contributed by atoms with E-state index in [1.165, 1.54) is 25.7 Å². The van der Waals surface area contributed by atoms with Gasteiger partial charge in [-0.2, -0.15) is 5.10 Å². The van der Waals surface area contributed by atoms with Crippen molar-refractivity contribution in [1.29, 1.82) is 0 Å². The average Bonchev–Trinajstić information content (AvgIpc) is 3.29. The van der Waals surface area contributed by atoms with Crippen LogP contribution >= 0.6 is 0 Å². The van der Waals surface area contributed by atoms with Crippen molar-refractivity contribution in [3.8, 4) is 5.82 Å². The molecule has 0 saturated heterocycles. The van der Waals surface area contributed by atoms with Crippen LogP contribution in [0.5, 0.6) is 0 Å². The van der Waals surface area contributed by atoms with E-state index in [9.17, 15) is 4.79 Å². The summed E-state index contributed by atoms with van der Waals surface area (Å²) in [6.45, 7) is 3.15. The maximum absolute atomic E-state index is 11.8. The molecule has 7 nitrogen and oxygen atoms in total. The van der Waals surface area contributed by atoms with E-state index in [0.717, 1.165) is 18.0 Å². The molecule has 0 unspecified atom stereocenters. The zero-order valence-corrected chi connectivity index (χ0v) is 14.7. The third kappa shape index (κ3) is 5.27. The first kappa shape index (κ1) is 17.4. The van der Waals surface area contributed by atoms with Crippen LogP contribution in [0.1, 0.15) is 44.2 Å². The monoisotopic (exact) mass is 342 g/mol. The van der Waals surface area contributed by atoms with Crippen molar-refractivity contribution in [1.82, 2.24) is 25.3 Å². The third-order valence-corrected chi connectivity index (χ3v) is 4.62. The summed E-state index contributed by atoms with van der Waals surface area (Å²) in [5, 5.41) is 18.7. The van der Waals surface area contributed by atoms with Gasteiger partial charge in [-0.15, -0.1) is 10.2 Å². The number of amides is 1. The van der Waals surface area contributed by atoms with Crippen molar-refractivity contribution in [2.75, 3.05) is 18.4 Å². The topological polar surface area (TPSA) is 84.7 Å². The minimum atomic E-state index is 0.143. The molecule has 3 rings (SSSR count). The van der Waals surface area contributed by atoms with Crippen LogP contribution in [0.4, 0.5) is 5.82 Å². The van der Waals surface area contributed by atoms with E-state index < -0.39 is 0 Å². The van der Waals surface area contributed by atoms with Crippen LogP contribution < -0.4 is 10.6 Å². The lowest BCUT2D eigenvalue weighted by molar-refractivity contribution is -0.121. The number of hydrogen-bond acceptors (Lipinski definition) is 5. The molecule has 2 aromatic rings. The summed E-state index contributed by atoms with van der Waals surface area (Å²) in [6.07, 6.45) is 8.77. The van der Waals surface area contributed by atoms with Crippen LogP contribution in [0.25, 0.3) is 5.82 Å². The van der Waals surface area contributed by atoms with Gasteiger partial charge >= 0.3 is 0 Å². The summed E-state index contributed by atoms with van der Waals surface area (Å²) >= 11 is 0. The second kappa shape index (κ2) is 8.60. The van der Waals surface area contributed by atoms with E-state index in [4.69, 9.17) is 0 Å². The molecule has 1 aliphatic carbocycles.